The number of nitrogens with one attached hydrogen (secondary N) is 1. The number of piperazine rings is 1. The van der Waals surface area contributed by atoms with Crippen LogP contribution in [-0.2, 0) is 13.1 Å². The normalized spacial score (nSPS) is 21.1. The van der Waals surface area contributed by atoms with Gasteiger partial charge in [0.2, 0.25) is 0 Å². The van der Waals surface area contributed by atoms with E-state index in [1.165, 1.54) is 28.8 Å². The van der Waals surface area contributed by atoms with Crippen molar-refractivity contribution in [2.24, 2.45) is 4.99 Å². The molecule has 2 fully saturated rings. The maximum atomic E-state index is 15.7. The molecule has 6 rings (SSSR count). The van der Waals surface area contributed by atoms with Gasteiger partial charge in [0, 0.05) is 63.1 Å². The third-order valence-corrected chi connectivity index (χ3v) is 8.57. The molecule has 2 aromatic rings. The van der Waals surface area contributed by atoms with E-state index in [9.17, 15) is 4.79 Å². The summed E-state index contributed by atoms with van der Waals surface area (Å²) in [6.45, 7) is 11.8. The molecule has 1 aromatic heterocycles. The SMILES string of the molecule is CCn1c2c3c(cc(CN4CCN(C5=C(C)N(C6CCN(C)CC6)CC=C5)CC4)c(F)c3nc1=O)NC=N2. The lowest BCUT2D eigenvalue weighted by Gasteiger charge is -2.44. The van der Waals surface area contributed by atoms with Crippen LogP contribution in [-0.4, -0.2) is 94.4 Å². The average molecular weight is 521 g/mol. The van der Waals surface area contributed by atoms with Gasteiger partial charge in [0.25, 0.3) is 0 Å². The predicted molar refractivity (Wildman–Crippen MR) is 149 cm³/mol. The smallest absolute Gasteiger partial charge is 0.349 e. The Bertz CT molecular complexity index is 1380. The molecule has 0 atom stereocenters. The molecule has 1 aromatic carbocycles. The highest BCUT2D eigenvalue weighted by Gasteiger charge is 2.29. The lowest BCUT2D eigenvalue weighted by molar-refractivity contribution is 0.136. The summed E-state index contributed by atoms with van der Waals surface area (Å²) in [7, 11) is 2.21. The van der Waals surface area contributed by atoms with Crippen LogP contribution in [0, 0.1) is 5.82 Å². The van der Waals surface area contributed by atoms with E-state index in [-0.39, 0.29) is 5.52 Å². The van der Waals surface area contributed by atoms with Crippen LogP contribution >= 0.6 is 0 Å². The van der Waals surface area contributed by atoms with Gasteiger partial charge < -0.3 is 20.0 Å². The van der Waals surface area contributed by atoms with Gasteiger partial charge in [-0.15, -0.1) is 0 Å². The van der Waals surface area contributed by atoms with Gasteiger partial charge in [-0.2, -0.15) is 4.98 Å². The molecule has 38 heavy (non-hydrogen) atoms. The number of hydrogen-bond donors (Lipinski definition) is 1. The number of halogens is 1. The molecule has 0 saturated carbocycles. The molecule has 0 unspecified atom stereocenters. The third-order valence-electron chi connectivity index (χ3n) is 8.57. The standard InChI is InChI=1S/C28H37FN8O/c1-4-36-27-24-22(30-18-31-27)16-20(25(29)26(24)32-28(36)38)17-34-12-14-35(15-13-34)23-6-5-9-37(19(23)2)21-7-10-33(3)11-8-21/h5-6,16,18,21H,4,7-15,17H2,1-3H3,(H,30,31). The summed E-state index contributed by atoms with van der Waals surface area (Å²) in [5, 5.41) is 3.70. The average Bonchev–Trinajstić information content (AvgIpc) is 2.93. The van der Waals surface area contributed by atoms with Crippen LogP contribution in [0.25, 0.3) is 10.9 Å². The van der Waals surface area contributed by atoms with E-state index in [1.54, 1.807) is 6.34 Å². The highest BCUT2D eigenvalue weighted by atomic mass is 19.1. The second-order valence-corrected chi connectivity index (χ2v) is 10.8. The highest BCUT2D eigenvalue weighted by Crippen LogP contribution is 2.36. The minimum atomic E-state index is -0.469. The summed E-state index contributed by atoms with van der Waals surface area (Å²) in [5.74, 6) is 0.0444. The second kappa shape index (κ2) is 10.1. The molecule has 5 heterocycles. The number of benzene rings is 1. The first-order valence-corrected chi connectivity index (χ1v) is 13.8. The van der Waals surface area contributed by atoms with Crippen molar-refractivity contribution in [3.63, 3.8) is 0 Å². The Morgan fingerprint density at radius 3 is 2.63 bits per heavy atom. The minimum Gasteiger partial charge on any atom is -0.368 e. The summed E-state index contributed by atoms with van der Waals surface area (Å²) in [4.78, 5) is 30.7. The number of nitrogens with zero attached hydrogens (tertiary/aromatic N) is 7. The van der Waals surface area contributed by atoms with Crippen molar-refractivity contribution in [2.75, 3.05) is 58.2 Å². The van der Waals surface area contributed by atoms with Crippen LogP contribution in [0.2, 0.25) is 0 Å². The van der Waals surface area contributed by atoms with E-state index < -0.39 is 11.5 Å². The highest BCUT2D eigenvalue weighted by molar-refractivity contribution is 6.06. The van der Waals surface area contributed by atoms with E-state index in [0.29, 0.717) is 35.9 Å². The van der Waals surface area contributed by atoms with Gasteiger partial charge >= 0.3 is 5.69 Å². The van der Waals surface area contributed by atoms with Gasteiger partial charge in [0.05, 0.1) is 23.1 Å². The van der Waals surface area contributed by atoms with Crippen LogP contribution < -0.4 is 11.0 Å². The molecule has 0 spiro atoms. The van der Waals surface area contributed by atoms with Gasteiger partial charge in [-0.25, -0.2) is 14.2 Å². The molecule has 10 heteroatoms. The Kier molecular flexibility index (Phi) is 6.69. The zero-order valence-electron chi connectivity index (χ0n) is 22.6. The van der Waals surface area contributed by atoms with Crippen molar-refractivity contribution >= 4 is 28.7 Å². The lowest BCUT2D eigenvalue weighted by atomic mass is 10.0. The second-order valence-electron chi connectivity index (χ2n) is 10.8. The molecule has 0 aliphatic carbocycles. The van der Waals surface area contributed by atoms with Crippen LogP contribution in [0.4, 0.5) is 15.9 Å². The van der Waals surface area contributed by atoms with E-state index in [0.717, 1.165) is 51.5 Å². The molecule has 2 saturated heterocycles. The quantitative estimate of drug-likeness (QED) is 0.650. The van der Waals surface area contributed by atoms with E-state index in [2.05, 4.69) is 61.0 Å². The summed E-state index contributed by atoms with van der Waals surface area (Å²) in [5.41, 5.74) is 3.63. The lowest BCUT2D eigenvalue weighted by Crippen LogP contribution is -2.48. The zero-order chi connectivity index (χ0) is 26.4. The Hall–Kier alpha value is -3.24. The van der Waals surface area contributed by atoms with Crippen molar-refractivity contribution < 1.29 is 4.39 Å². The molecule has 9 nitrogen and oxygen atoms in total. The molecule has 0 radical (unpaired) electrons. The molecular weight excluding hydrogens is 483 g/mol. The molecule has 4 aliphatic rings. The fourth-order valence-electron chi connectivity index (χ4n) is 6.36. The van der Waals surface area contributed by atoms with Crippen LogP contribution in [0.3, 0.4) is 0 Å². The monoisotopic (exact) mass is 520 g/mol. The number of allylic oxidation sites excluding steroid dienone is 2. The number of aromatic nitrogens is 2. The molecule has 0 bridgehead atoms. The summed E-state index contributed by atoms with van der Waals surface area (Å²) < 4.78 is 17.1. The third kappa shape index (κ3) is 4.39. The number of likely N-dealkylation sites (tertiary alicyclic amines) is 1. The first-order valence-electron chi connectivity index (χ1n) is 13.8. The number of rotatable bonds is 5. The van der Waals surface area contributed by atoms with Gasteiger partial charge in [-0.05, 0) is 59.0 Å². The van der Waals surface area contributed by atoms with Crippen LogP contribution in [0.5, 0.6) is 0 Å². The molecule has 1 N–H and O–H groups in total. The van der Waals surface area contributed by atoms with Gasteiger partial charge in [0.1, 0.15) is 11.3 Å². The number of aliphatic imine (C=N–C) groups is 1. The fourth-order valence-corrected chi connectivity index (χ4v) is 6.36. The number of anilines is 1. The summed E-state index contributed by atoms with van der Waals surface area (Å²) >= 11 is 0. The number of hydrogen-bond acceptors (Lipinski definition) is 8. The summed E-state index contributed by atoms with van der Waals surface area (Å²) in [6, 6.07) is 2.46. The Morgan fingerprint density at radius 2 is 1.89 bits per heavy atom. The first kappa shape index (κ1) is 25.1. The van der Waals surface area contributed by atoms with E-state index >= 15 is 4.39 Å². The molecule has 202 valence electrons. The van der Waals surface area contributed by atoms with Gasteiger partial charge in [-0.3, -0.25) is 9.47 Å². The van der Waals surface area contributed by atoms with Crippen LogP contribution in [0.15, 0.2) is 39.4 Å². The predicted octanol–water partition coefficient (Wildman–Crippen LogP) is 2.96. The first-order chi connectivity index (χ1) is 18.4. The Balaban J connectivity index is 1.17. The van der Waals surface area contributed by atoms with Crippen molar-refractivity contribution in [2.45, 2.75) is 45.8 Å². The van der Waals surface area contributed by atoms with E-state index in [1.807, 2.05) is 13.0 Å². The Morgan fingerprint density at radius 1 is 1.13 bits per heavy atom. The van der Waals surface area contributed by atoms with Gasteiger partial charge in [-0.1, -0.05) is 6.08 Å². The van der Waals surface area contributed by atoms with Gasteiger partial charge in [0.15, 0.2) is 5.82 Å². The van der Waals surface area contributed by atoms with Crippen molar-refractivity contribution in [1.29, 1.82) is 0 Å². The molecular formula is C28H37FN8O. The zero-order valence-corrected chi connectivity index (χ0v) is 22.6. The molecule has 0 amide bonds. The van der Waals surface area contributed by atoms with Crippen molar-refractivity contribution in [1.82, 2.24) is 29.2 Å². The maximum absolute atomic E-state index is 15.7. The fraction of sp³-hybridized carbons (Fsp3) is 0.536. The van der Waals surface area contributed by atoms with Crippen molar-refractivity contribution in [3.05, 3.63) is 51.5 Å². The Labute approximate surface area is 222 Å². The topological polar surface area (TPSA) is 72.2 Å². The van der Waals surface area contributed by atoms with Crippen molar-refractivity contribution in [3.8, 4) is 0 Å². The minimum absolute atomic E-state index is 0.104. The maximum Gasteiger partial charge on any atom is 0.349 e. The van der Waals surface area contributed by atoms with E-state index in [4.69, 9.17) is 0 Å². The largest absolute Gasteiger partial charge is 0.368 e. The molecule has 4 aliphatic heterocycles. The summed E-state index contributed by atoms with van der Waals surface area (Å²) in [6.07, 6.45) is 8.57. The number of piperidine rings is 1. The van der Waals surface area contributed by atoms with Crippen LogP contribution in [0.1, 0.15) is 32.3 Å².